The van der Waals surface area contributed by atoms with E-state index in [1.807, 2.05) is 6.92 Å². The fraction of sp³-hybridized carbons (Fsp3) is 1.00. The lowest BCUT2D eigenvalue weighted by Gasteiger charge is -2.12. The molecule has 8 heteroatoms. The number of aliphatic hydroxyl groups is 3. The van der Waals surface area contributed by atoms with Crippen LogP contribution in [0.25, 0.3) is 0 Å². The first kappa shape index (κ1) is 54.2. The molecule has 3 N–H and O–H groups in total. The number of unbranched alkanes of at least 4 members (excludes halogenated alkanes) is 7. The highest BCUT2D eigenvalue weighted by Gasteiger charge is 2.01. The third kappa shape index (κ3) is 63.1. The molecule has 0 radical (unpaired) electrons. The lowest BCUT2D eigenvalue weighted by molar-refractivity contribution is -0.0101. The summed E-state index contributed by atoms with van der Waals surface area (Å²) in [6.07, 6.45) is 14.2. The second kappa shape index (κ2) is 53.3. The van der Waals surface area contributed by atoms with Gasteiger partial charge in [0, 0.05) is 59.5 Å². The van der Waals surface area contributed by atoms with Gasteiger partial charge in [0.05, 0.1) is 25.4 Å². The topological polar surface area (TPSA) is 107 Å². The molecule has 2 atom stereocenters. The summed E-state index contributed by atoms with van der Waals surface area (Å²) < 4.78 is 26.7. The third-order valence-corrected chi connectivity index (χ3v) is 5.37. The zero-order chi connectivity index (χ0) is 29.7. The molecule has 0 aliphatic rings. The zero-order valence-corrected chi connectivity index (χ0v) is 26.5. The van der Waals surface area contributed by atoms with Gasteiger partial charge in [0.1, 0.15) is 0 Å². The van der Waals surface area contributed by atoms with E-state index in [4.69, 9.17) is 39.0 Å². The molecule has 0 aromatic heterocycles. The van der Waals surface area contributed by atoms with Crippen molar-refractivity contribution in [1.82, 2.24) is 0 Å². The molecule has 0 aromatic rings. The Morgan fingerprint density at radius 3 is 1.38 bits per heavy atom. The van der Waals surface area contributed by atoms with Gasteiger partial charge < -0.3 is 39.0 Å². The van der Waals surface area contributed by atoms with E-state index in [2.05, 4.69) is 20.8 Å². The van der Waals surface area contributed by atoms with E-state index in [0.717, 1.165) is 71.6 Å². The minimum Gasteiger partial charge on any atom is -0.396 e. The Morgan fingerprint density at radius 2 is 0.857 bits per heavy atom. The third-order valence-electron chi connectivity index (χ3n) is 5.37. The van der Waals surface area contributed by atoms with Gasteiger partial charge in [-0.1, -0.05) is 81.6 Å². The van der Waals surface area contributed by atoms with Gasteiger partial charge >= 0.3 is 0 Å². The van der Waals surface area contributed by atoms with Crippen LogP contribution in [0.5, 0.6) is 0 Å². The van der Waals surface area contributed by atoms with Crippen LogP contribution in [0.15, 0.2) is 0 Å². The number of hydrogen-bond acceptors (Lipinski definition) is 8. The van der Waals surface area contributed by atoms with Crippen LogP contribution in [0.2, 0.25) is 0 Å². The Kier molecular flexibility index (Phi) is 68.7. The van der Waals surface area contributed by atoms with Gasteiger partial charge in [0.25, 0.3) is 0 Å². The van der Waals surface area contributed by atoms with Gasteiger partial charge in [-0.05, 0) is 58.8 Å². The lowest BCUT2D eigenvalue weighted by atomic mass is 10.1. The quantitative estimate of drug-likeness (QED) is 0.0764. The summed E-state index contributed by atoms with van der Waals surface area (Å²) in [5.41, 5.74) is 0. The molecular formula is C34H80O8. The predicted molar refractivity (Wildman–Crippen MR) is 182 cm³/mol. The van der Waals surface area contributed by atoms with Crippen LogP contribution >= 0.6 is 0 Å². The number of rotatable bonds is 28. The fourth-order valence-corrected chi connectivity index (χ4v) is 2.95. The van der Waals surface area contributed by atoms with Gasteiger partial charge in [-0.3, -0.25) is 0 Å². The minimum absolute atomic E-state index is 0. The Bertz CT molecular complexity index is 377. The van der Waals surface area contributed by atoms with Gasteiger partial charge in [-0.2, -0.15) is 0 Å². The van der Waals surface area contributed by atoms with Crippen molar-refractivity contribution < 1.29 is 39.0 Å². The molecular weight excluding hydrogens is 536 g/mol. The molecule has 0 saturated heterocycles. The molecule has 0 aromatic carbocycles. The van der Waals surface area contributed by atoms with E-state index in [1.54, 1.807) is 6.92 Å². The smallest absolute Gasteiger partial charge is 0.0780 e. The molecule has 0 aliphatic heterocycles. The largest absolute Gasteiger partial charge is 0.396 e. The SMILES string of the molecule is C.C.C.CCCCOC(C)COCCCO.CCCCOCCCCCCCO.CCCCOCCCOCC(C)O. The van der Waals surface area contributed by atoms with Gasteiger partial charge in [-0.15, -0.1) is 0 Å². The molecule has 264 valence electrons. The highest BCUT2D eigenvalue weighted by Crippen LogP contribution is 2.03. The van der Waals surface area contributed by atoms with Crippen molar-refractivity contribution in [1.29, 1.82) is 0 Å². The average Bonchev–Trinajstić information content (AvgIpc) is 2.92. The van der Waals surface area contributed by atoms with Crippen molar-refractivity contribution >= 4 is 0 Å². The maximum absolute atomic E-state index is 8.87. The molecule has 0 aliphatic carbocycles. The van der Waals surface area contributed by atoms with E-state index in [9.17, 15) is 0 Å². The second-order valence-electron chi connectivity index (χ2n) is 9.89. The van der Waals surface area contributed by atoms with Crippen molar-refractivity contribution in [2.75, 3.05) is 72.7 Å². The fourth-order valence-electron chi connectivity index (χ4n) is 2.95. The summed E-state index contributed by atoms with van der Waals surface area (Å²) >= 11 is 0. The Morgan fingerprint density at radius 1 is 0.452 bits per heavy atom. The first-order chi connectivity index (χ1) is 19.0. The molecule has 0 fully saturated rings. The van der Waals surface area contributed by atoms with Gasteiger partial charge in [-0.25, -0.2) is 0 Å². The summed E-state index contributed by atoms with van der Waals surface area (Å²) in [7, 11) is 0. The van der Waals surface area contributed by atoms with Crippen molar-refractivity contribution in [3.05, 3.63) is 0 Å². The van der Waals surface area contributed by atoms with Crippen LogP contribution in [-0.2, 0) is 23.7 Å². The van der Waals surface area contributed by atoms with Crippen molar-refractivity contribution in [3.63, 3.8) is 0 Å². The maximum Gasteiger partial charge on any atom is 0.0780 e. The molecule has 0 saturated carbocycles. The van der Waals surface area contributed by atoms with E-state index < -0.39 is 0 Å². The van der Waals surface area contributed by atoms with Gasteiger partial charge in [0.2, 0.25) is 0 Å². The minimum atomic E-state index is -0.360. The number of hydrogen-bond donors (Lipinski definition) is 3. The van der Waals surface area contributed by atoms with Crippen LogP contribution in [0, 0.1) is 0 Å². The lowest BCUT2D eigenvalue weighted by Crippen LogP contribution is -2.17. The zero-order valence-electron chi connectivity index (χ0n) is 26.5. The summed E-state index contributed by atoms with van der Waals surface area (Å²) in [6, 6.07) is 0. The summed E-state index contributed by atoms with van der Waals surface area (Å²) in [5, 5.41) is 25.9. The first-order valence-corrected chi connectivity index (χ1v) is 15.8. The molecule has 0 rings (SSSR count). The standard InChI is InChI=1S/C11H24O2.2C10H22O3.3CH4/c1-2-3-10-13-11-8-6-4-5-7-9-12;1-3-4-8-13-10(2)9-12-7-5-6-11;1-3-4-6-12-7-5-8-13-9-10(2)11;;;/h12H,2-11H2,1H3;2*10-11H,3-9H2,1-2H3;3*1H4. The van der Waals surface area contributed by atoms with Crippen LogP contribution < -0.4 is 0 Å². The number of aliphatic hydroxyl groups excluding tert-OH is 3. The van der Waals surface area contributed by atoms with Crippen molar-refractivity contribution in [3.8, 4) is 0 Å². The molecule has 0 heterocycles. The molecule has 8 nitrogen and oxygen atoms in total. The number of ether oxygens (including phenoxy) is 5. The van der Waals surface area contributed by atoms with E-state index in [0.29, 0.717) is 39.5 Å². The summed E-state index contributed by atoms with van der Waals surface area (Å²) in [6.45, 7) is 17.4. The Balaban J connectivity index is -0.000000112. The highest BCUT2D eigenvalue weighted by molar-refractivity contribution is 4.47. The first-order valence-electron chi connectivity index (χ1n) is 15.8. The van der Waals surface area contributed by atoms with Crippen molar-refractivity contribution in [2.45, 2.75) is 153 Å². The predicted octanol–water partition coefficient (Wildman–Crippen LogP) is 7.84. The van der Waals surface area contributed by atoms with E-state index in [1.165, 1.54) is 38.5 Å². The molecule has 42 heavy (non-hydrogen) atoms. The normalized spacial score (nSPS) is 11.4. The van der Waals surface area contributed by atoms with Crippen LogP contribution in [0.1, 0.15) is 140 Å². The van der Waals surface area contributed by atoms with Crippen LogP contribution in [-0.4, -0.2) is 100 Å². The van der Waals surface area contributed by atoms with Crippen molar-refractivity contribution in [2.24, 2.45) is 0 Å². The Labute approximate surface area is 264 Å². The Hall–Kier alpha value is -0.320. The highest BCUT2D eigenvalue weighted by atomic mass is 16.5. The monoisotopic (exact) mass is 617 g/mol. The summed E-state index contributed by atoms with van der Waals surface area (Å²) in [4.78, 5) is 0. The average molecular weight is 617 g/mol. The second-order valence-corrected chi connectivity index (χ2v) is 9.89. The van der Waals surface area contributed by atoms with Gasteiger partial charge in [0.15, 0.2) is 0 Å². The molecule has 0 spiro atoms. The molecule has 0 amide bonds. The van der Waals surface area contributed by atoms with Crippen LogP contribution in [0.4, 0.5) is 0 Å². The van der Waals surface area contributed by atoms with E-state index >= 15 is 0 Å². The maximum atomic E-state index is 8.87. The molecule has 2 unspecified atom stereocenters. The molecule has 0 bridgehead atoms. The van der Waals surface area contributed by atoms with Crippen LogP contribution in [0.3, 0.4) is 0 Å². The summed E-state index contributed by atoms with van der Waals surface area (Å²) in [5.74, 6) is 0. The van der Waals surface area contributed by atoms with E-state index in [-0.39, 0.29) is 41.1 Å².